The van der Waals surface area contributed by atoms with E-state index in [0.29, 0.717) is 23.7 Å². The van der Waals surface area contributed by atoms with Crippen LogP contribution in [-0.2, 0) is 0 Å². The van der Waals surface area contributed by atoms with E-state index in [-0.39, 0.29) is 11.9 Å². The summed E-state index contributed by atoms with van der Waals surface area (Å²) in [6.07, 6.45) is 3.74. The summed E-state index contributed by atoms with van der Waals surface area (Å²) in [5, 5.41) is 11.0. The van der Waals surface area contributed by atoms with E-state index in [1.54, 1.807) is 6.20 Å². The number of hydrogen-bond acceptors (Lipinski definition) is 4. The first-order valence-corrected chi connectivity index (χ1v) is 11.8. The lowest BCUT2D eigenvalue weighted by Gasteiger charge is -2.26. The average molecular weight is 515 g/mol. The molecule has 0 bridgehead atoms. The zero-order chi connectivity index (χ0) is 23.5. The SMILES string of the molecule is CCOc1ccc(NC(=O)c2cnn3c2NC(c2ccccc2)=C[C@@H]3c2ccc(Br)cc2)cc1. The lowest BCUT2D eigenvalue weighted by atomic mass is 10.0. The van der Waals surface area contributed by atoms with E-state index in [4.69, 9.17) is 4.74 Å². The molecular formula is C27H23BrN4O2. The monoisotopic (exact) mass is 514 g/mol. The van der Waals surface area contributed by atoms with Gasteiger partial charge in [-0.25, -0.2) is 4.68 Å². The van der Waals surface area contributed by atoms with Gasteiger partial charge in [-0.3, -0.25) is 4.79 Å². The number of hydrogen-bond donors (Lipinski definition) is 2. The Morgan fingerprint density at radius 1 is 1.06 bits per heavy atom. The smallest absolute Gasteiger partial charge is 0.261 e. The number of fused-ring (bicyclic) bond motifs is 1. The first-order valence-electron chi connectivity index (χ1n) is 11.0. The molecule has 1 aromatic heterocycles. The zero-order valence-corrected chi connectivity index (χ0v) is 20.1. The third-order valence-corrected chi connectivity index (χ3v) is 6.13. The second-order valence-corrected chi connectivity index (χ2v) is 8.75. The second kappa shape index (κ2) is 9.57. The molecule has 0 spiro atoms. The molecule has 3 aromatic carbocycles. The average Bonchev–Trinajstić information content (AvgIpc) is 3.30. The number of benzene rings is 3. The van der Waals surface area contributed by atoms with Crippen molar-refractivity contribution in [1.29, 1.82) is 0 Å². The Morgan fingerprint density at radius 3 is 2.50 bits per heavy atom. The normalized spacial score (nSPS) is 14.5. The summed E-state index contributed by atoms with van der Waals surface area (Å²) in [4.78, 5) is 13.2. The molecule has 170 valence electrons. The highest BCUT2D eigenvalue weighted by Crippen LogP contribution is 2.35. The Hall–Kier alpha value is -3.84. The minimum absolute atomic E-state index is 0.161. The van der Waals surface area contributed by atoms with Crippen LogP contribution in [0.2, 0.25) is 0 Å². The van der Waals surface area contributed by atoms with Crippen molar-refractivity contribution < 1.29 is 9.53 Å². The predicted molar refractivity (Wildman–Crippen MR) is 138 cm³/mol. The predicted octanol–water partition coefficient (Wildman–Crippen LogP) is 6.35. The number of ether oxygens (including phenoxy) is 1. The summed E-state index contributed by atoms with van der Waals surface area (Å²) in [7, 11) is 0. The van der Waals surface area contributed by atoms with Crippen molar-refractivity contribution in [2.24, 2.45) is 0 Å². The number of nitrogens with zero attached hydrogens (tertiary/aromatic N) is 2. The third-order valence-electron chi connectivity index (χ3n) is 5.60. The van der Waals surface area contributed by atoms with Gasteiger partial charge in [-0.05, 0) is 60.5 Å². The molecule has 34 heavy (non-hydrogen) atoms. The van der Waals surface area contributed by atoms with E-state index in [1.165, 1.54) is 0 Å². The number of carbonyl (C=O) groups excluding carboxylic acids is 1. The minimum atomic E-state index is -0.234. The van der Waals surface area contributed by atoms with Gasteiger partial charge in [-0.15, -0.1) is 0 Å². The maximum Gasteiger partial charge on any atom is 0.261 e. The molecule has 0 fully saturated rings. The van der Waals surface area contributed by atoms with Crippen LogP contribution in [0.4, 0.5) is 11.5 Å². The van der Waals surface area contributed by atoms with Gasteiger partial charge >= 0.3 is 0 Å². The quantitative estimate of drug-likeness (QED) is 0.314. The molecule has 2 N–H and O–H groups in total. The number of halogens is 1. The Balaban J connectivity index is 1.49. The van der Waals surface area contributed by atoms with Gasteiger partial charge < -0.3 is 15.4 Å². The number of allylic oxidation sites excluding steroid dienone is 1. The first-order chi connectivity index (χ1) is 16.6. The van der Waals surface area contributed by atoms with Crippen molar-refractivity contribution in [3.8, 4) is 5.75 Å². The van der Waals surface area contributed by atoms with Gasteiger partial charge in [0.05, 0.1) is 18.8 Å². The molecule has 1 atom stereocenters. The van der Waals surface area contributed by atoms with Crippen LogP contribution >= 0.6 is 15.9 Å². The minimum Gasteiger partial charge on any atom is -0.494 e. The van der Waals surface area contributed by atoms with Crippen LogP contribution in [-0.4, -0.2) is 22.3 Å². The van der Waals surface area contributed by atoms with Crippen molar-refractivity contribution in [1.82, 2.24) is 9.78 Å². The van der Waals surface area contributed by atoms with Crippen molar-refractivity contribution in [2.45, 2.75) is 13.0 Å². The molecule has 7 heteroatoms. The lowest BCUT2D eigenvalue weighted by molar-refractivity contribution is 0.102. The van der Waals surface area contributed by atoms with E-state index in [1.807, 2.05) is 78.3 Å². The van der Waals surface area contributed by atoms with E-state index in [9.17, 15) is 4.79 Å². The van der Waals surface area contributed by atoms with Crippen LogP contribution in [0.3, 0.4) is 0 Å². The van der Waals surface area contributed by atoms with Crippen LogP contribution in [0, 0.1) is 0 Å². The molecule has 1 amide bonds. The maximum atomic E-state index is 13.2. The Kier molecular flexibility index (Phi) is 6.18. The summed E-state index contributed by atoms with van der Waals surface area (Å²) in [5.41, 5.74) is 4.19. The van der Waals surface area contributed by atoms with Crippen LogP contribution in [0.1, 0.15) is 34.5 Å². The van der Waals surface area contributed by atoms with Crippen LogP contribution in [0.5, 0.6) is 5.75 Å². The first kappa shape index (κ1) is 22.0. The van der Waals surface area contributed by atoms with Crippen molar-refractivity contribution in [2.75, 3.05) is 17.2 Å². The summed E-state index contributed by atoms with van der Waals surface area (Å²) in [5.74, 6) is 1.18. The van der Waals surface area contributed by atoms with Gasteiger partial charge in [-0.2, -0.15) is 5.10 Å². The van der Waals surface area contributed by atoms with E-state index >= 15 is 0 Å². The number of anilines is 2. The molecule has 0 aliphatic carbocycles. The van der Waals surface area contributed by atoms with Crippen molar-refractivity contribution in [3.63, 3.8) is 0 Å². The number of nitrogens with one attached hydrogen (secondary N) is 2. The highest BCUT2D eigenvalue weighted by atomic mass is 79.9. The number of aromatic nitrogens is 2. The fourth-order valence-corrected chi connectivity index (χ4v) is 4.21. The van der Waals surface area contributed by atoms with Crippen molar-refractivity contribution >= 4 is 39.0 Å². The summed E-state index contributed by atoms with van der Waals surface area (Å²) in [6, 6.07) is 25.4. The number of carbonyl (C=O) groups is 1. The van der Waals surface area contributed by atoms with Gasteiger partial charge in [0.15, 0.2) is 0 Å². The maximum absolute atomic E-state index is 13.2. The topological polar surface area (TPSA) is 68.2 Å². The summed E-state index contributed by atoms with van der Waals surface area (Å²) in [6.45, 7) is 2.53. The molecule has 1 aliphatic rings. The fourth-order valence-electron chi connectivity index (χ4n) is 3.94. The van der Waals surface area contributed by atoms with Crippen LogP contribution < -0.4 is 15.4 Å². The summed E-state index contributed by atoms with van der Waals surface area (Å²) < 4.78 is 8.34. The van der Waals surface area contributed by atoms with Gasteiger partial charge in [-0.1, -0.05) is 58.4 Å². The van der Waals surface area contributed by atoms with Gasteiger partial charge in [0.25, 0.3) is 5.91 Å². The molecule has 0 saturated carbocycles. The van der Waals surface area contributed by atoms with Crippen molar-refractivity contribution in [3.05, 3.63) is 112 Å². The molecule has 0 radical (unpaired) electrons. The molecule has 4 aromatic rings. The molecular weight excluding hydrogens is 492 g/mol. The van der Waals surface area contributed by atoms with Gasteiger partial charge in [0, 0.05) is 15.9 Å². The standard InChI is InChI=1S/C27H23BrN4O2/c1-2-34-22-14-12-21(13-15-22)30-27(33)23-17-29-32-25(19-8-10-20(28)11-9-19)16-24(31-26(23)32)18-6-4-3-5-7-18/h3-17,25,31H,2H2,1H3,(H,30,33)/t25-/m1/s1. The molecule has 6 nitrogen and oxygen atoms in total. The third kappa shape index (κ3) is 4.47. The van der Waals surface area contributed by atoms with Gasteiger partial charge in [0.2, 0.25) is 0 Å². The highest BCUT2D eigenvalue weighted by molar-refractivity contribution is 9.10. The zero-order valence-electron chi connectivity index (χ0n) is 18.5. The molecule has 0 saturated heterocycles. The van der Waals surface area contributed by atoms with E-state index in [0.717, 1.165) is 27.0 Å². The fraction of sp³-hybridized carbons (Fsp3) is 0.111. The Bertz CT molecular complexity index is 1330. The van der Waals surface area contributed by atoms with Crippen LogP contribution in [0.25, 0.3) is 5.70 Å². The largest absolute Gasteiger partial charge is 0.494 e. The molecule has 1 aliphatic heterocycles. The summed E-state index contributed by atoms with van der Waals surface area (Å²) >= 11 is 3.51. The lowest BCUT2D eigenvalue weighted by Crippen LogP contribution is -2.22. The van der Waals surface area contributed by atoms with E-state index in [2.05, 4.69) is 49.9 Å². The van der Waals surface area contributed by atoms with Gasteiger partial charge in [0.1, 0.15) is 17.1 Å². The Labute approximate surface area is 206 Å². The number of amides is 1. The van der Waals surface area contributed by atoms with E-state index < -0.39 is 0 Å². The molecule has 0 unspecified atom stereocenters. The Morgan fingerprint density at radius 2 is 1.79 bits per heavy atom. The molecule has 2 heterocycles. The number of rotatable bonds is 6. The molecule has 5 rings (SSSR count). The van der Waals surface area contributed by atoms with Crippen LogP contribution in [0.15, 0.2) is 95.6 Å². The second-order valence-electron chi connectivity index (χ2n) is 7.83. The highest BCUT2D eigenvalue weighted by Gasteiger charge is 2.27.